The summed E-state index contributed by atoms with van der Waals surface area (Å²) in [5.74, 6) is -1.22. The highest BCUT2D eigenvalue weighted by molar-refractivity contribution is 5.94. The van der Waals surface area contributed by atoms with Gasteiger partial charge in [-0.1, -0.05) is 48.5 Å². The third-order valence-electron chi connectivity index (χ3n) is 6.00. The molecule has 0 amide bonds. The van der Waals surface area contributed by atoms with Crippen molar-refractivity contribution < 1.29 is 14.7 Å². The first-order valence-electron chi connectivity index (χ1n) is 10.9. The number of carboxylic acid groups (broad SMARTS) is 1. The van der Waals surface area contributed by atoms with Crippen LogP contribution in [0.1, 0.15) is 44.1 Å². The lowest BCUT2D eigenvalue weighted by molar-refractivity contribution is -0.140. The molecule has 5 heteroatoms. The molecule has 0 saturated carbocycles. The number of nitrogens with zero attached hydrogens (tertiary/aromatic N) is 1. The maximum Gasteiger partial charge on any atom is 0.310 e. The Morgan fingerprint density at radius 2 is 1.63 bits per heavy atom. The molecule has 1 atom stereocenters. The van der Waals surface area contributed by atoms with Gasteiger partial charge in [-0.05, 0) is 49.8 Å². The molecule has 1 saturated heterocycles. The molecule has 2 aromatic carbocycles. The summed E-state index contributed by atoms with van der Waals surface area (Å²) < 4.78 is 0. The number of Topliss-reactive ketones (excluding diaryl/α,β-unsaturated/α-hetero) is 1. The van der Waals surface area contributed by atoms with Crippen LogP contribution in [-0.4, -0.2) is 42.0 Å². The van der Waals surface area contributed by atoms with E-state index in [1.54, 1.807) is 0 Å². The number of benzene rings is 2. The predicted molar refractivity (Wildman–Crippen MR) is 120 cm³/mol. The molecule has 160 valence electrons. The molecule has 1 unspecified atom stereocenters. The quantitative estimate of drug-likeness (QED) is 0.549. The van der Waals surface area contributed by atoms with Crippen molar-refractivity contribution in [2.45, 2.75) is 50.5 Å². The normalized spacial score (nSPS) is 18.9. The minimum absolute atomic E-state index is 0.0715. The Balaban J connectivity index is 1.72. The van der Waals surface area contributed by atoms with E-state index in [9.17, 15) is 9.59 Å². The second-order valence-corrected chi connectivity index (χ2v) is 8.19. The Morgan fingerprint density at radius 1 is 0.967 bits per heavy atom. The smallest absolute Gasteiger partial charge is 0.310 e. The standard InChI is InChI=1S/C25H32N2O3/c28-23(19-24(29)30)14-8-16-25(15-7-11-21-9-3-1-4-10-21)20-26-17-18-27(25)22-12-5-2-6-13-22/h1-6,9-10,12-13,26H,7-8,11,14-20H2,(H,29,30). The van der Waals surface area contributed by atoms with Gasteiger partial charge in [0.1, 0.15) is 12.2 Å². The first-order chi connectivity index (χ1) is 14.6. The maximum absolute atomic E-state index is 11.9. The Morgan fingerprint density at radius 3 is 2.33 bits per heavy atom. The Kier molecular flexibility index (Phi) is 8.03. The molecule has 0 bridgehead atoms. The van der Waals surface area contributed by atoms with Gasteiger partial charge in [-0.15, -0.1) is 0 Å². The second-order valence-electron chi connectivity index (χ2n) is 8.19. The topological polar surface area (TPSA) is 69.6 Å². The van der Waals surface area contributed by atoms with Crippen molar-refractivity contribution in [2.24, 2.45) is 0 Å². The van der Waals surface area contributed by atoms with E-state index in [-0.39, 0.29) is 17.7 Å². The largest absolute Gasteiger partial charge is 0.481 e. The fraction of sp³-hybridized carbons (Fsp3) is 0.440. The molecule has 30 heavy (non-hydrogen) atoms. The molecule has 0 radical (unpaired) electrons. The lowest BCUT2D eigenvalue weighted by Gasteiger charge is -2.49. The van der Waals surface area contributed by atoms with Crippen molar-refractivity contribution in [3.63, 3.8) is 0 Å². The third-order valence-corrected chi connectivity index (χ3v) is 6.00. The van der Waals surface area contributed by atoms with Crippen molar-refractivity contribution in [3.8, 4) is 0 Å². The number of aliphatic carboxylic acids is 1. The van der Waals surface area contributed by atoms with Crippen LogP contribution in [-0.2, 0) is 16.0 Å². The molecule has 1 aliphatic heterocycles. The molecule has 1 fully saturated rings. The van der Waals surface area contributed by atoms with Gasteiger partial charge in [-0.25, -0.2) is 0 Å². The van der Waals surface area contributed by atoms with Gasteiger partial charge in [-0.2, -0.15) is 0 Å². The van der Waals surface area contributed by atoms with Crippen LogP contribution in [0.3, 0.4) is 0 Å². The van der Waals surface area contributed by atoms with E-state index in [1.165, 1.54) is 11.3 Å². The lowest BCUT2D eigenvalue weighted by Crippen LogP contribution is -2.61. The molecule has 2 N–H and O–H groups in total. The lowest BCUT2D eigenvalue weighted by atomic mass is 9.82. The van der Waals surface area contributed by atoms with Gasteiger partial charge in [0.2, 0.25) is 0 Å². The Hall–Kier alpha value is -2.66. The fourth-order valence-electron chi connectivity index (χ4n) is 4.57. The number of anilines is 1. The van der Waals surface area contributed by atoms with Crippen LogP contribution >= 0.6 is 0 Å². The Labute approximate surface area is 179 Å². The number of ketones is 1. The zero-order chi connectivity index (χ0) is 21.2. The van der Waals surface area contributed by atoms with Gasteiger partial charge in [-0.3, -0.25) is 9.59 Å². The highest BCUT2D eigenvalue weighted by Gasteiger charge is 2.38. The van der Waals surface area contributed by atoms with Gasteiger partial charge in [0, 0.05) is 31.7 Å². The SMILES string of the molecule is O=C(O)CC(=O)CCCC1(CCCc2ccccc2)CNCCN1c1ccccc1. The van der Waals surface area contributed by atoms with Gasteiger partial charge in [0.15, 0.2) is 0 Å². The second kappa shape index (κ2) is 10.9. The van der Waals surface area contributed by atoms with E-state index in [4.69, 9.17) is 5.11 Å². The van der Waals surface area contributed by atoms with Gasteiger partial charge in [0.05, 0.1) is 5.54 Å². The van der Waals surface area contributed by atoms with Crippen LogP contribution in [0, 0.1) is 0 Å². The number of piperazine rings is 1. The van der Waals surface area contributed by atoms with Crippen LogP contribution in [0.2, 0.25) is 0 Å². The zero-order valence-electron chi connectivity index (χ0n) is 17.6. The molecule has 0 aliphatic carbocycles. The van der Waals surface area contributed by atoms with Crippen molar-refractivity contribution >= 4 is 17.4 Å². The molecule has 5 nitrogen and oxygen atoms in total. The summed E-state index contributed by atoms with van der Waals surface area (Å²) >= 11 is 0. The highest BCUT2D eigenvalue weighted by Crippen LogP contribution is 2.34. The van der Waals surface area contributed by atoms with E-state index in [0.29, 0.717) is 12.8 Å². The van der Waals surface area contributed by atoms with Crippen LogP contribution in [0.25, 0.3) is 0 Å². The number of para-hydroxylation sites is 1. The molecule has 3 rings (SSSR count). The number of carbonyl (C=O) groups excluding carboxylic acids is 1. The number of carbonyl (C=O) groups is 2. The average molecular weight is 409 g/mol. The van der Waals surface area contributed by atoms with Crippen LogP contribution in [0.15, 0.2) is 60.7 Å². The van der Waals surface area contributed by atoms with E-state index >= 15 is 0 Å². The fourth-order valence-corrected chi connectivity index (χ4v) is 4.57. The van der Waals surface area contributed by atoms with Crippen molar-refractivity contribution in [3.05, 3.63) is 66.2 Å². The zero-order valence-corrected chi connectivity index (χ0v) is 17.6. The number of rotatable bonds is 11. The van der Waals surface area contributed by atoms with E-state index in [2.05, 4.69) is 58.7 Å². The summed E-state index contributed by atoms with van der Waals surface area (Å²) in [7, 11) is 0. The first kappa shape index (κ1) is 22.0. The number of hydrogen-bond donors (Lipinski definition) is 2. The summed E-state index contributed by atoms with van der Waals surface area (Å²) in [6.45, 7) is 2.75. The van der Waals surface area contributed by atoms with Crippen molar-refractivity contribution in [1.82, 2.24) is 5.32 Å². The Bertz CT molecular complexity index is 810. The van der Waals surface area contributed by atoms with Crippen LogP contribution in [0.4, 0.5) is 5.69 Å². The first-order valence-corrected chi connectivity index (χ1v) is 10.9. The highest BCUT2D eigenvalue weighted by atomic mass is 16.4. The molecule has 0 aromatic heterocycles. The molecular formula is C25H32N2O3. The number of carboxylic acids is 1. The van der Waals surface area contributed by atoms with E-state index in [0.717, 1.165) is 45.3 Å². The average Bonchev–Trinajstić information content (AvgIpc) is 2.75. The molecular weight excluding hydrogens is 376 g/mol. The van der Waals surface area contributed by atoms with Gasteiger partial charge >= 0.3 is 5.97 Å². The van der Waals surface area contributed by atoms with Crippen LogP contribution in [0.5, 0.6) is 0 Å². The molecule has 1 heterocycles. The summed E-state index contributed by atoms with van der Waals surface area (Å²) in [4.78, 5) is 25.3. The monoisotopic (exact) mass is 408 g/mol. The minimum Gasteiger partial charge on any atom is -0.481 e. The van der Waals surface area contributed by atoms with Crippen molar-refractivity contribution in [2.75, 3.05) is 24.5 Å². The maximum atomic E-state index is 11.9. The molecule has 2 aromatic rings. The summed E-state index contributed by atoms with van der Waals surface area (Å²) in [5, 5.41) is 12.4. The van der Waals surface area contributed by atoms with Crippen LogP contribution < -0.4 is 10.2 Å². The number of nitrogens with one attached hydrogen (secondary N) is 1. The summed E-state index contributed by atoms with van der Waals surface area (Å²) in [5.41, 5.74) is 2.49. The molecule has 1 aliphatic rings. The van der Waals surface area contributed by atoms with E-state index in [1.807, 2.05) is 12.1 Å². The number of hydrogen-bond acceptors (Lipinski definition) is 4. The predicted octanol–water partition coefficient (Wildman–Crippen LogP) is 4.07. The van der Waals surface area contributed by atoms with Gasteiger partial charge in [0.25, 0.3) is 0 Å². The summed E-state index contributed by atoms with van der Waals surface area (Å²) in [6.07, 6.45) is 4.66. The number of aryl methyl sites for hydroxylation is 1. The minimum atomic E-state index is -1.04. The van der Waals surface area contributed by atoms with Gasteiger partial charge < -0.3 is 15.3 Å². The summed E-state index contributed by atoms with van der Waals surface area (Å²) in [6, 6.07) is 21.0. The van der Waals surface area contributed by atoms with Crippen molar-refractivity contribution in [1.29, 1.82) is 0 Å². The van der Waals surface area contributed by atoms with E-state index < -0.39 is 5.97 Å². The molecule has 0 spiro atoms. The third kappa shape index (κ3) is 6.17.